The minimum Gasteiger partial charge on any atom is -0.487 e. The molecule has 2 heterocycles. The molecule has 0 amide bonds. The molecule has 5 nitrogen and oxygen atoms in total. The molecule has 0 radical (unpaired) electrons. The molecule has 1 aromatic heterocycles. The summed E-state index contributed by atoms with van der Waals surface area (Å²) < 4.78 is 5.83. The number of hydrogen-bond donors (Lipinski definition) is 1. The normalized spacial score (nSPS) is 16.4. The fourth-order valence-corrected chi connectivity index (χ4v) is 2.49. The molecule has 2 rings (SSSR count). The molecule has 1 aliphatic heterocycles. The predicted molar refractivity (Wildman–Crippen MR) is 85.4 cm³/mol. The van der Waals surface area contributed by atoms with Gasteiger partial charge < -0.3 is 15.4 Å². The summed E-state index contributed by atoms with van der Waals surface area (Å²) in [6, 6.07) is 3.88. The van der Waals surface area contributed by atoms with E-state index in [0.29, 0.717) is 11.5 Å². The van der Waals surface area contributed by atoms with E-state index in [1.165, 1.54) is 0 Å². The van der Waals surface area contributed by atoms with Crippen molar-refractivity contribution in [2.75, 3.05) is 37.6 Å². The van der Waals surface area contributed by atoms with Crippen LogP contribution in [0.15, 0.2) is 18.3 Å². The molecule has 0 aromatic carbocycles. The van der Waals surface area contributed by atoms with Gasteiger partial charge >= 0.3 is 0 Å². The molecule has 1 aliphatic rings. The van der Waals surface area contributed by atoms with Crippen molar-refractivity contribution in [3.8, 4) is 5.75 Å². The van der Waals surface area contributed by atoms with E-state index in [-0.39, 0.29) is 6.10 Å². The number of hydrogen-bond acceptors (Lipinski definition) is 5. The van der Waals surface area contributed by atoms with Crippen LogP contribution < -0.4 is 15.4 Å². The number of aromatic nitrogens is 1. The zero-order valence-electron chi connectivity index (χ0n) is 12.1. The Kier molecular flexibility index (Phi) is 5.14. The summed E-state index contributed by atoms with van der Waals surface area (Å²) in [7, 11) is 0. The van der Waals surface area contributed by atoms with Crippen LogP contribution in [0, 0.1) is 0 Å². The van der Waals surface area contributed by atoms with Gasteiger partial charge in [0.05, 0.1) is 11.1 Å². The van der Waals surface area contributed by atoms with Crippen molar-refractivity contribution in [1.82, 2.24) is 9.88 Å². The van der Waals surface area contributed by atoms with E-state index >= 15 is 0 Å². The van der Waals surface area contributed by atoms with E-state index in [2.05, 4.69) is 14.8 Å². The number of nitrogens with two attached hydrogens (primary N) is 1. The molecular weight excluding hydrogens is 272 g/mol. The first-order valence-electron chi connectivity index (χ1n) is 6.93. The Morgan fingerprint density at radius 3 is 2.70 bits per heavy atom. The number of anilines is 1. The van der Waals surface area contributed by atoms with Crippen LogP contribution in [0.3, 0.4) is 0 Å². The van der Waals surface area contributed by atoms with E-state index in [4.69, 9.17) is 22.7 Å². The summed E-state index contributed by atoms with van der Waals surface area (Å²) >= 11 is 4.96. The van der Waals surface area contributed by atoms with Crippen molar-refractivity contribution in [3.63, 3.8) is 0 Å². The summed E-state index contributed by atoms with van der Waals surface area (Å²) in [5.74, 6) is 1.78. The molecular formula is C14H22N4OS. The standard InChI is InChI=1S/C14H22N4OS/c1-11(2)19-12-4-3-5-16-14(12)18-8-6-17(7-9-18)10-13(15)20/h3-5,11H,6-10H2,1-2H3,(H2,15,20). The van der Waals surface area contributed by atoms with E-state index in [1.807, 2.05) is 32.2 Å². The van der Waals surface area contributed by atoms with Crippen LogP contribution in [-0.2, 0) is 0 Å². The maximum atomic E-state index is 5.83. The summed E-state index contributed by atoms with van der Waals surface area (Å²) in [5, 5.41) is 0. The van der Waals surface area contributed by atoms with Gasteiger partial charge in [-0.2, -0.15) is 0 Å². The molecule has 6 heteroatoms. The van der Waals surface area contributed by atoms with E-state index in [0.717, 1.165) is 37.7 Å². The number of nitrogens with zero attached hydrogens (tertiary/aromatic N) is 3. The van der Waals surface area contributed by atoms with Crippen molar-refractivity contribution in [2.24, 2.45) is 5.73 Å². The van der Waals surface area contributed by atoms with Crippen LogP contribution in [0.5, 0.6) is 5.75 Å². The van der Waals surface area contributed by atoms with Crippen molar-refractivity contribution in [2.45, 2.75) is 20.0 Å². The Morgan fingerprint density at radius 2 is 2.10 bits per heavy atom. The Morgan fingerprint density at radius 1 is 1.40 bits per heavy atom. The topological polar surface area (TPSA) is 54.6 Å². The fraction of sp³-hybridized carbons (Fsp3) is 0.571. The third-order valence-corrected chi connectivity index (χ3v) is 3.29. The molecule has 1 fully saturated rings. The first-order chi connectivity index (χ1) is 9.56. The molecule has 0 saturated carbocycles. The maximum absolute atomic E-state index is 5.83. The molecule has 0 spiro atoms. The van der Waals surface area contributed by atoms with Gasteiger partial charge in [-0.1, -0.05) is 12.2 Å². The first kappa shape index (κ1) is 15.0. The largest absolute Gasteiger partial charge is 0.487 e. The average Bonchev–Trinajstić information content (AvgIpc) is 2.39. The molecule has 110 valence electrons. The predicted octanol–water partition coefficient (Wildman–Crippen LogP) is 1.28. The van der Waals surface area contributed by atoms with Crippen LogP contribution in [0.4, 0.5) is 5.82 Å². The Balaban J connectivity index is 2.01. The number of rotatable bonds is 5. The van der Waals surface area contributed by atoms with Gasteiger partial charge in [0.1, 0.15) is 0 Å². The highest BCUT2D eigenvalue weighted by Gasteiger charge is 2.21. The van der Waals surface area contributed by atoms with Gasteiger partial charge in [-0.25, -0.2) is 4.98 Å². The van der Waals surface area contributed by atoms with Crippen molar-refractivity contribution in [3.05, 3.63) is 18.3 Å². The first-order valence-corrected chi connectivity index (χ1v) is 7.34. The van der Waals surface area contributed by atoms with Gasteiger partial charge in [0, 0.05) is 38.9 Å². The second-order valence-corrected chi connectivity index (χ2v) is 5.75. The summed E-state index contributed by atoms with van der Waals surface area (Å²) in [5.41, 5.74) is 5.59. The Labute approximate surface area is 125 Å². The van der Waals surface area contributed by atoms with Crippen LogP contribution >= 0.6 is 12.2 Å². The monoisotopic (exact) mass is 294 g/mol. The highest BCUT2D eigenvalue weighted by Crippen LogP contribution is 2.27. The smallest absolute Gasteiger partial charge is 0.171 e. The number of ether oxygens (including phenoxy) is 1. The molecule has 2 N–H and O–H groups in total. The molecule has 20 heavy (non-hydrogen) atoms. The van der Waals surface area contributed by atoms with Crippen molar-refractivity contribution in [1.29, 1.82) is 0 Å². The molecule has 1 saturated heterocycles. The highest BCUT2D eigenvalue weighted by atomic mass is 32.1. The third kappa shape index (κ3) is 4.05. The lowest BCUT2D eigenvalue weighted by Gasteiger charge is -2.35. The van der Waals surface area contributed by atoms with Gasteiger partial charge in [-0.3, -0.25) is 4.90 Å². The van der Waals surface area contributed by atoms with Crippen LogP contribution in [0.1, 0.15) is 13.8 Å². The summed E-state index contributed by atoms with van der Waals surface area (Å²) in [4.78, 5) is 9.56. The highest BCUT2D eigenvalue weighted by molar-refractivity contribution is 7.80. The maximum Gasteiger partial charge on any atom is 0.171 e. The minimum atomic E-state index is 0.147. The molecule has 0 unspecified atom stereocenters. The lowest BCUT2D eigenvalue weighted by molar-refractivity contribution is 0.239. The molecule has 1 aromatic rings. The quantitative estimate of drug-likeness (QED) is 0.826. The van der Waals surface area contributed by atoms with Crippen LogP contribution in [0.25, 0.3) is 0 Å². The fourth-order valence-electron chi connectivity index (χ4n) is 2.30. The zero-order chi connectivity index (χ0) is 14.5. The average molecular weight is 294 g/mol. The van der Waals surface area contributed by atoms with Crippen LogP contribution in [0.2, 0.25) is 0 Å². The number of pyridine rings is 1. The van der Waals surface area contributed by atoms with Gasteiger partial charge in [0.15, 0.2) is 11.6 Å². The van der Waals surface area contributed by atoms with Gasteiger partial charge in [0.2, 0.25) is 0 Å². The molecule has 0 aliphatic carbocycles. The lowest BCUT2D eigenvalue weighted by atomic mass is 10.3. The summed E-state index contributed by atoms with van der Waals surface area (Å²) in [6.45, 7) is 8.45. The van der Waals surface area contributed by atoms with Gasteiger partial charge in [-0.15, -0.1) is 0 Å². The van der Waals surface area contributed by atoms with Crippen molar-refractivity contribution >= 4 is 23.0 Å². The second-order valence-electron chi connectivity index (χ2n) is 5.22. The van der Waals surface area contributed by atoms with Crippen molar-refractivity contribution < 1.29 is 4.74 Å². The number of thiocarbonyl (C=S) groups is 1. The SMILES string of the molecule is CC(C)Oc1cccnc1N1CCN(CC(N)=S)CC1. The minimum absolute atomic E-state index is 0.147. The van der Waals surface area contributed by atoms with E-state index in [1.54, 1.807) is 0 Å². The third-order valence-electron chi connectivity index (χ3n) is 3.16. The molecule has 0 atom stereocenters. The molecule has 0 bridgehead atoms. The Bertz CT molecular complexity index is 458. The Hall–Kier alpha value is -1.40. The second kappa shape index (κ2) is 6.85. The van der Waals surface area contributed by atoms with Crippen LogP contribution in [-0.4, -0.2) is 53.7 Å². The zero-order valence-corrected chi connectivity index (χ0v) is 12.9. The summed E-state index contributed by atoms with van der Waals surface area (Å²) in [6.07, 6.45) is 1.96. The number of piperazine rings is 1. The van der Waals surface area contributed by atoms with E-state index in [9.17, 15) is 0 Å². The van der Waals surface area contributed by atoms with Gasteiger partial charge in [0.25, 0.3) is 0 Å². The lowest BCUT2D eigenvalue weighted by Crippen LogP contribution is -2.49. The van der Waals surface area contributed by atoms with Gasteiger partial charge in [-0.05, 0) is 26.0 Å². The van der Waals surface area contributed by atoms with E-state index < -0.39 is 0 Å².